The lowest BCUT2D eigenvalue weighted by molar-refractivity contribution is -0.142. The number of carbonyl (C=O) groups excluding carboxylic acids is 15. The Hall–Kier alpha value is -12.8. The van der Waals surface area contributed by atoms with E-state index >= 15 is 28.8 Å². The number of fused-ring (bicyclic) bond motifs is 2. The zero-order valence-corrected chi connectivity index (χ0v) is 73.6. The van der Waals surface area contributed by atoms with Gasteiger partial charge >= 0.3 is 5.97 Å². The van der Waals surface area contributed by atoms with Crippen LogP contribution >= 0.6 is 21.6 Å². The monoisotopic (exact) mass is 1790 g/mol. The summed E-state index contributed by atoms with van der Waals surface area (Å²) < 4.78 is 1.75. The molecule has 25 N–H and O–H groups in total. The van der Waals surface area contributed by atoms with Gasteiger partial charge in [0.05, 0.1) is 25.3 Å². The lowest BCUT2D eigenvalue weighted by Gasteiger charge is -2.33. The molecular formula is C83H117N23O18S2. The Morgan fingerprint density at radius 3 is 1.86 bits per heavy atom. The summed E-state index contributed by atoms with van der Waals surface area (Å²) in [7, 11) is 5.95. The number of rotatable bonds is 29. The molecule has 1 saturated heterocycles. The first-order valence-electron chi connectivity index (χ1n) is 41.2. The fourth-order valence-corrected chi connectivity index (χ4v) is 16.5. The number of hydrogen-bond donors (Lipinski definition) is 21. The number of aromatic hydroxyl groups is 1. The predicted octanol–water partition coefficient (Wildman–Crippen LogP) is -2.04. The van der Waals surface area contributed by atoms with Gasteiger partial charge in [0.1, 0.15) is 78.3 Å². The zero-order valence-electron chi connectivity index (χ0n) is 71.9. The minimum atomic E-state index is -2.07. The molecule has 0 bridgehead atoms. The number of carboxylic acids is 1. The number of carboxylic acid groups (broad SMARTS) is 1. The number of imidazole rings is 1. The molecule has 4 heterocycles. The van der Waals surface area contributed by atoms with Crippen LogP contribution in [0.15, 0.2) is 97.7 Å². The van der Waals surface area contributed by atoms with E-state index in [-0.39, 0.29) is 62.9 Å². The van der Waals surface area contributed by atoms with Gasteiger partial charge in [-0.3, -0.25) is 82.1 Å². The number of likely N-dealkylation sites (N-methyl/N-ethyl adjacent to an activating group) is 2. The summed E-state index contributed by atoms with van der Waals surface area (Å²) in [5.41, 5.74) is 26.7. The molecule has 0 radical (unpaired) electrons. The number of phenols is 1. The van der Waals surface area contributed by atoms with Crippen molar-refractivity contribution < 1.29 is 86.9 Å². The quantitative estimate of drug-likeness (QED) is 0.0104. The molecule has 0 aliphatic carbocycles. The summed E-state index contributed by atoms with van der Waals surface area (Å²) in [5, 5.41) is 60.8. The van der Waals surface area contributed by atoms with Crippen LogP contribution in [0, 0.1) is 23.2 Å². The lowest BCUT2D eigenvalue weighted by atomic mass is 9.97. The number of para-hydroxylation sites is 2. The molecule has 6 unspecified atom stereocenters. The van der Waals surface area contributed by atoms with Gasteiger partial charge < -0.3 is 121 Å². The van der Waals surface area contributed by atoms with E-state index in [9.17, 15) is 58.2 Å². The number of benzene rings is 3. The summed E-state index contributed by atoms with van der Waals surface area (Å²) >= 11 is 0. The first-order chi connectivity index (χ1) is 59.7. The van der Waals surface area contributed by atoms with Gasteiger partial charge in [-0.25, -0.2) is 4.98 Å². The number of aromatic amines is 2. The van der Waals surface area contributed by atoms with Gasteiger partial charge in [0, 0.05) is 111 Å². The number of nitrogens with one attached hydrogen (secondary N) is 15. The molecule has 684 valence electrons. The van der Waals surface area contributed by atoms with Crippen LogP contribution in [0.25, 0.3) is 21.8 Å². The van der Waals surface area contributed by atoms with Gasteiger partial charge in [0.25, 0.3) is 0 Å². The zero-order chi connectivity index (χ0) is 92.9. The van der Waals surface area contributed by atoms with E-state index in [1.54, 1.807) is 126 Å². The second-order valence-electron chi connectivity index (χ2n) is 31.7. The van der Waals surface area contributed by atoms with Gasteiger partial charge in [0.15, 0.2) is 5.96 Å². The third kappa shape index (κ3) is 29.4. The van der Waals surface area contributed by atoms with Crippen LogP contribution in [-0.2, 0) is 109 Å². The van der Waals surface area contributed by atoms with Gasteiger partial charge in [0.2, 0.25) is 88.6 Å². The Morgan fingerprint density at radius 2 is 1.23 bits per heavy atom. The van der Waals surface area contributed by atoms with E-state index in [2.05, 4.69) is 78.8 Å². The van der Waals surface area contributed by atoms with Crippen molar-refractivity contribution in [3.05, 3.63) is 120 Å². The number of guanidine groups is 1. The molecule has 43 heteroatoms. The van der Waals surface area contributed by atoms with E-state index in [1.807, 2.05) is 0 Å². The normalized spacial score (nSPS) is 21.9. The second-order valence-corrected chi connectivity index (χ2v) is 34.3. The summed E-state index contributed by atoms with van der Waals surface area (Å²) in [5.74, 6) is -20.1. The smallest absolute Gasteiger partial charge is 0.305 e. The highest BCUT2D eigenvalue weighted by molar-refractivity contribution is 8.76. The van der Waals surface area contributed by atoms with E-state index in [0.717, 1.165) is 31.4 Å². The van der Waals surface area contributed by atoms with Crippen molar-refractivity contribution >= 4 is 144 Å². The van der Waals surface area contributed by atoms with E-state index < -0.39 is 234 Å². The van der Waals surface area contributed by atoms with Gasteiger partial charge in [-0.15, -0.1) is 0 Å². The van der Waals surface area contributed by atoms with E-state index in [0.29, 0.717) is 44.9 Å². The number of carbonyl (C=O) groups is 16. The van der Waals surface area contributed by atoms with Gasteiger partial charge in [-0.1, -0.05) is 125 Å². The van der Waals surface area contributed by atoms with Crippen LogP contribution in [0.1, 0.15) is 116 Å². The Labute approximate surface area is 735 Å². The number of aryl methyl sites for hydroxylation is 1. The average Bonchev–Trinajstić information content (AvgIpc) is 1.65. The van der Waals surface area contributed by atoms with Crippen LogP contribution in [-0.4, -0.2) is 257 Å². The standard InChI is InChI=1S/C83H117N23O18S2/c1-11-43(5)68(103-72(114)53(84)30-46-23-25-50(107)26-24-46)80(122)100-61-39-125-126-40-62(82(124)106(10)69(70(86)112)44(6)12-2)101-73(115)55(21-17-29-90-83(87)88)94-76(118)58(33-49-36-89-41-92-49)96-71(113)45(7)93-65(109)38-105(9)81(123)60(31-47-35-91-54-20-15-13-18-51(47)54)99-77(119)59(34-66(110)111)97-74(116)56(27-28-64(85)108)95-75(117)57(98-79(121)67(42(3)4)102-78(61)120)32-48-37-104(8)63-22-16-14-19-52(48)63/h13-16,18-20,22-26,35-37,41-45,53,55-62,67-69,91,107H,11-12,17,21,27-34,38-40,84H2,1-10H3,(H2,85,108)(H2,86,112)(H,89,92)(H,93,109)(H,94,118)(H,95,117)(H,96,113)(H,97,116)(H,98,121)(H,99,119)(H,100,122)(H,101,115)(H,102,120)(H,103,114)(H,110,111)(H4,87,88,90)/t43?,44-,45-,53+,55-,56?,57?,58-,59-,60?,61-,62?,67?,68-,69-/m0/s1. The topological polar surface area (TPSA) is 642 Å². The summed E-state index contributed by atoms with van der Waals surface area (Å²) in [6.45, 7) is 10.3. The maximum atomic E-state index is 15.5. The number of hydrogen-bond acceptors (Lipinski definition) is 22. The molecule has 7 rings (SSSR count). The van der Waals surface area contributed by atoms with Crippen molar-refractivity contribution in [1.29, 1.82) is 5.41 Å². The molecule has 3 aromatic heterocycles. The molecule has 15 amide bonds. The molecule has 126 heavy (non-hydrogen) atoms. The molecule has 1 aliphatic heterocycles. The Kier molecular flexibility index (Phi) is 38.1. The Morgan fingerprint density at radius 1 is 0.651 bits per heavy atom. The summed E-state index contributed by atoms with van der Waals surface area (Å²) in [4.78, 5) is 245. The highest BCUT2D eigenvalue weighted by Gasteiger charge is 2.41. The maximum absolute atomic E-state index is 15.5. The SMILES string of the molecule is CCC(C)[C@H](NC(=O)[C@H](N)Cc1ccc(O)cc1)C(=O)N[C@H]1CSSCC(C(=O)N(C)[C@H](C(N)=O)[C@@H](C)CC)NC(=O)[C@H](CCCNC(=N)N)NC(=O)[C@H](Cc2cnc[nH]2)NC(=O)[C@H](C)NC(=O)CN(C)C(=O)C(Cc2c[nH]c3ccccc23)NC(=O)[C@H](CC(=O)O)NC(=O)C(CCC(N)=O)NC(=O)C(Cc2cn(C)c3ccccc23)NC(=O)C(C(C)C)NC1=O. The van der Waals surface area contributed by atoms with E-state index in [4.69, 9.17) is 28.3 Å². The van der Waals surface area contributed by atoms with Crippen LogP contribution in [0.5, 0.6) is 5.75 Å². The Bertz CT molecular complexity index is 4870. The number of phenolic OH excluding ortho intramolecular Hbond substituents is 1. The number of nitrogens with zero attached hydrogens (tertiary/aromatic N) is 4. The molecule has 3 aromatic carbocycles. The van der Waals surface area contributed by atoms with Crippen LogP contribution in [0.3, 0.4) is 0 Å². The first kappa shape index (κ1) is 100. The average molecular weight is 1790 g/mol. The fraction of sp³-hybridized carbons (Fsp3) is 0.494. The highest BCUT2D eigenvalue weighted by atomic mass is 33.1. The van der Waals surface area contributed by atoms with Crippen molar-refractivity contribution in [1.82, 2.24) is 93.1 Å². The third-order valence-electron chi connectivity index (χ3n) is 21.6. The van der Waals surface area contributed by atoms with Crippen LogP contribution in [0.2, 0.25) is 0 Å². The number of nitrogens with two attached hydrogens (primary N) is 4. The molecule has 6 aromatic rings. The summed E-state index contributed by atoms with van der Waals surface area (Å²) in [6.07, 6.45) is 2.85. The fourth-order valence-electron chi connectivity index (χ4n) is 14.2. The number of aliphatic carboxylic acids is 1. The molecule has 15 atom stereocenters. The van der Waals surface area contributed by atoms with Crippen LogP contribution in [0.4, 0.5) is 0 Å². The van der Waals surface area contributed by atoms with E-state index in [1.165, 1.54) is 45.7 Å². The number of primary amides is 2. The van der Waals surface area contributed by atoms with Crippen molar-refractivity contribution in [2.75, 3.05) is 38.7 Å². The van der Waals surface area contributed by atoms with Crippen LogP contribution < -0.4 is 86.7 Å². The molecule has 1 aliphatic rings. The molecule has 41 nitrogen and oxygen atoms in total. The number of H-pyrrole nitrogens is 2. The predicted molar refractivity (Wildman–Crippen MR) is 470 cm³/mol. The largest absolute Gasteiger partial charge is 0.508 e. The van der Waals surface area contributed by atoms with Crippen molar-refractivity contribution in [2.45, 2.75) is 198 Å². The van der Waals surface area contributed by atoms with Gasteiger partial charge in [-0.05, 0) is 91.3 Å². The van der Waals surface area contributed by atoms with Gasteiger partial charge in [-0.2, -0.15) is 0 Å². The first-order valence-corrected chi connectivity index (χ1v) is 43.7. The maximum Gasteiger partial charge on any atom is 0.305 e. The molecule has 0 spiro atoms. The summed E-state index contributed by atoms with van der Waals surface area (Å²) in [6, 6.07) is -1.05. The van der Waals surface area contributed by atoms with Crippen molar-refractivity contribution in [2.24, 2.45) is 47.7 Å². The third-order valence-corrected chi connectivity index (χ3v) is 24.1. The Balaban J connectivity index is 1.36. The minimum Gasteiger partial charge on any atom is -0.508 e. The number of amides is 15. The molecule has 1 fully saturated rings. The highest BCUT2D eigenvalue weighted by Crippen LogP contribution is 2.28. The molecule has 0 saturated carbocycles. The number of aromatic nitrogens is 4. The second kappa shape index (κ2) is 47.9. The lowest BCUT2D eigenvalue weighted by Crippen LogP contribution is -2.62. The molecular weight excluding hydrogens is 1670 g/mol. The minimum absolute atomic E-state index is 0.0137. The van der Waals surface area contributed by atoms with Crippen molar-refractivity contribution in [3.8, 4) is 5.75 Å². The van der Waals surface area contributed by atoms with Crippen molar-refractivity contribution in [3.63, 3.8) is 0 Å².